The van der Waals surface area contributed by atoms with Gasteiger partial charge in [0.25, 0.3) is 5.91 Å². The second-order valence-corrected chi connectivity index (χ2v) is 8.71. The lowest BCUT2D eigenvalue weighted by atomic mass is 9.82. The molecule has 1 aliphatic heterocycles. The van der Waals surface area contributed by atoms with Crippen LogP contribution in [0.15, 0.2) is 29.4 Å². The lowest BCUT2D eigenvalue weighted by molar-refractivity contribution is -0.157. The molecule has 35 heavy (non-hydrogen) atoms. The van der Waals surface area contributed by atoms with Crippen LogP contribution in [0.2, 0.25) is 0 Å². The number of carbonyl (C=O) groups is 3. The summed E-state index contributed by atoms with van der Waals surface area (Å²) in [6, 6.07) is 5.64. The van der Waals surface area contributed by atoms with Gasteiger partial charge in [0.1, 0.15) is 6.04 Å². The topological polar surface area (TPSA) is 168 Å². The van der Waals surface area contributed by atoms with Crippen LogP contribution in [-0.2, 0) is 30.7 Å². The summed E-state index contributed by atoms with van der Waals surface area (Å²) < 4.78 is 0. The van der Waals surface area contributed by atoms with Gasteiger partial charge < -0.3 is 20.7 Å². The molecule has 3 rings (SSSR count). The number of carbonyl (C=O) groups excluding carboxylic acids is 3. The van der Waals surface area contributed by atoms with Crippen molar-refractivity contribution in [2.24, 2.45) is 16.8 Å². The molecular weight excluding hydrogens is 456 g/mol. The fraction of sp³-hybridized carbons (Fsp3) is 0.565. The maximum Gasteiger partial charge on any atom is 0.338 e. The van der Waals surface area contributed by atoms with E-state index in [-0.39, 0.29) is 30.8 Å². The molecule has 1 aliphatic carbocycles. The maximum atomic E-state index is 13.4. The number of nitrogens with one attached hydrogen (secondary N) is 3. The van der Waals surface area contributed by atoms with Gasteiger partial charge in [0, 0.05) is 19.2 Å². The SMILES string of the molecule is CNOC(=O)CNC(C(=O)N1CCC1C(=O)NOCc1ccc(/C(N)=N/O)cc1)C1CCCCC1. The van der Waals surface area contributed by atoms with Gasteiger partial charge in [-0.3, -0.25) is 19.7 Å². The molecule has 1 saturated carbocycles. The fourth-order valence-electron chi connectivity index (χ4n) is 4.46. The highest BCUT2D eigenvalue weighted by Gasteiger charge is 2.42. The van der Waals surface area contributed by atoms with E-state index in [9.17, 15) is 14.4 Å². The van der Waals surface area contributed by atoms with E-state index in [0.717, 1.165) is 37.7 Å². The molecule has 6 N–H and O–H groups in total. The summed E-state index contributed by atoms with van der Waals surface area (Å²) in [5.41, 5.74) is 11.6. The summed E-state index contributed by atoms with van der Waals surface area (Å²) in [6.45, 7) is 0.483. The Hall–Kier alpha value is -3.22. The third-order valence-electron chi connectivity index (χ3n) is 6.44. The van der Waals surface area contributed by atoms with E-state index in [1.807, 2.05) is 0 Å². The molecule has 1 aromatic carbocycles. The van der Waals surface area contributed by atoms with Crippen molar-refractivity contribution in [2.75, 3.05) is 20.1 Å². The molecule has 0 aromatic heterocycles. The number of amides is 2. The number of amidine groups is 1. The van der Waals surface area contributed by atoms with Crippen LogP contribution in [0, 0.1) is 5.92 Å². The van der Waals surface area contributed by atoms with Gasteiger partial charge in [0.05, 0.1) is 19.2 Å². The first-order chi connectivity index (χ1) is 16.9. The number of hydrogen-bond donors (Lipinski definition) is 5. The molecule has 12 heteroatoms. The number of nitrogens with zero attached hydrogens (tertiary/aromatic N) is 2. The second-order valence-electron chi connectivity index (χ2n) is 8.71. The van der Waals surface area contributed by atoms with Crippen LogP contribution >= 0.6 is 0 Å². The number of benzene rings is 1. The standard InChI is InChI=1S/C23H34N6O6/c1-25-35-19(30)13-26-20(16-5-3-2-4-6-16)23(32)29-12-11-18(29)22(31)28-34-14-15-7-9-17(10-8-15)21(24)27-33/h7-10,16,18,20,25-26,33H,2-6,11-14H2,1H3,(H2,24,27)(H,28,31). The van der Waals surface area contributed by atoms with E-state index in [1.165, 1.54) is 7.05 Å². The number of nitrogens with two attached hydrogens (primary N) is 1. The average Bonchev–Trinajstić information content (AvgIpc) is 2.84. The van der Waals surface area contributed by atoms with Gasteiger partial charge in [-0.1, -0.05) is 48.7 Å². The van der Waals surface area contributed by atoms with Gasteiger partial charge >= 0.3 is 5.97 Å². The third-order valence-corrected chi connectivity index (χ3v) is 6.44. The van der Waals surface area contributed by atoms with E-state index < -0.39 is 24.0 Å². The molecule has 1 saturated heterocycles. The molecule has 2 amide bonds. The molecule has 2 atom stereocenters. The highest BCUT2D eigenvalue weighted by molar-refractivity contribution is 5.97. The van der Waals surface area contributed by atoms with Crippen LogP contribution in [0.25, 0.3) is 0 Å². The number of oxime groups is 1. The third kappa shape index (κ3) is 7.13. The van der Waals surface area contributed by atoms with Gasteiger partial charge in [0.2, 0.25) is 5.91 Å². The minimum atomic E-state index is -0.623. The first kappa shape index (κ1) is 26.4. The van der Waals surface area contributed by atoms with Crippen LogP contribution < -0.4 is 22.0 Å². The minimum absolute atomic E-state index is 0.000422. The van der Waals surface area contributed by atoms with E-state index in [4.69, 9.17) is 20.6 Å². The minimum Gasteiger partial charge on any atom is -0.409 e. The van der Waals surface area contributed by atoms with Gasteiger partial charge in [-0.2, -0.15) is 5.48 Å². The summed E-state index contributed by atoms with van der Waals surface area (Å²) >= 11 is 0. The Kier molecular flexibility index (Phi) is 9.82. The van der Waals surface area contributed by atoms with Gasteiger partial charge in [-0.25, -0.2) is 10.3 Å². The summed E-state index contributed by atoms with van der Waals surface area (Å²) in [5.74, 6) is -0.978. The predicted molar refractivity (Wildman–Crippen MR) is 126 cm³/mol. The van der Waals surface area contributed by atoms with Crippen molar-refractivity contribution in [3.05, 3.63) is 35.4 Å². The quantitative estimate of drug-likeness (QED) is 0.125. The summed E-state index contributed by atoms with van der Waals surface area (Å²) in [5, 5.41) is 14.7. The van der Waals surface area contributed by atoms with Crippen LogP contribution in [0.3, 0.4) is 0 Å². The Bertz CT molecular complexity index is 902. The van der Waals surface area contributed by atoms with Crippen LogP contribution in [0.5, 0.6) is 0 Å². The number of rotatable bonds is 11. The fourth-order valence-corrected chi connectivity index (χ4v) is 4.46. The average molecular weight is 491 g/mol. The van der Waals surface area contributed by atoms with E-state index in [2.05, 4.69) is 21.4 Å². The van der Waals surface area contributed by atoms with Crippen molar-refractivity contribution < 1.29 is 29.3 Å². The van der Waals surface area contributed by atoms with E-state index in [0.29, 0.717) is 18.5 Å². The van der Waals surface area contributed by atoms with Crippen LogP contribution in [0.1, 0.15) is 49.7 Å². The second kappa shape index (κ2) is 13.0. The van der Waals surface area contributed by atoms with Gasteiger partial charge in [0.15, 0.2) is 5.84 Å². The predicted octanol–water partition coefficient (Wildman–Crippen LogP) is 0.146. The van der Waals surface area contributed by atoms with Crippen molar-refractivity contribution in [3.63, 3.8) is 0 Å². The Morgan fingerprint density at radius 1 is 1.17 bits per heavy atom. The largest absolute Gasteiger partial charge is 0.409 e. The summed E-state index contributed by atoms with van der Waals surface area (Å²) in [7, 11) is 1.49. The first-order valence-corrected chi connectivity index (χ1v) is 11.8. The Balaban J connectivity index is 1.53. The highest BCUT2D eigenvalue weighted by atomic mass is 16.7. The van der Waals surface area contributed by atoms with Crippen molar-refractivity contribution in [3.8, 4) is 0 Å². The molecule has 0 bridgehead atoms. The number of hydroxylamine groups is 2. The first-order valence-electron chi connectivity index (χ1n) is 11.8. The molecule has 2 fully saturated rings. The van der Waals surface area contributed by atoms with Crippen LogP contribution in [-0.4, -0.2) is 65.9 Å². The Morgan fingerprint density at radius 3 is 2.49 bits per heavy atom. The van der Waals surface area contributed by atoms with Crippen molar-refractivity contribution in [1.82, 2.24) is 21.2 Å². The molecule has 1 heterocycles. The van der Waals surface area contributed by atoms with Crippen LogP contribution in [0.4, 0.5) is 0 Å². The molecular formula is C23H34N6O6. The lowest BCUT2D eigenvalue weighted by Gasteiger charge is -2.43. The molecule has 1 aromatic rings. The Morgan fingerprint density at radius 2 is 1.89 bits per heavy atom. The van der Waals surface area contributed by atoms with Crippen molar-refractivity contribution in [2.45, 2.75) is 57.2 Å². The van der Waals surface area contributed by atoms with E-state index in [1.54, 1.807) is 29.2 Å². The van der Waals surface area contributed by atoms with Gasteiger partial charge in [-0.15, -0.1) is 0 Å². The van der Waals surface area contributed by atoms with Gasteiger partial charge in [-0.05, 0) is 30.7 Å². The molecule has 192 valence electrons. The summed E-state index contributed by atoms with van der Waals surface area (Å²) in [4.78, 5) is 49.5. The molecule has 2 unspecified atom stereocenters. The van der Waals surface area contributed by atoms with Crippen molar-refractivity contribution in [1.29, 1.82) is 0 Å². The smallest absolute Gasteiger partial charge is 0.338 e. The zero-order valence-electron chi connectivity index (χ0n) is 19.9. The lowest BCUT2D eigenvalue weighted by Crippen LogP contribution is -2.63. The molecule has 12 nitrogen and oxygen atoms in total. The maximum absolute atomic E-state index is 13.4. The molecule has 2 aliphatic rings. The number of likely N-dealkylation sites (tertiary alicyclic amines) is 1. The zero-order valence-corrected chi connectivity index (χ0v) is 19.9. The highest BCUT2D eigenvalue weighted by Crippen LogP contribution is 2.29. The molecule has 0 radical (unpaired) electrons. The monoisotopic (exact) mass is 490 g/mol. The number of hydrogen-bond acceptors (Lipinski definition) is 9. The normalized spacial score (nSPS) is 19.5. The van der Waals surface area contributed by atoms with Crippen molar-refractivity contribution >= 4 is 23.6 Å². The summed E-state index contributed by atoms with van der Waals surface area (Å²) in [6.07, 6.45) is 5.54. The Labute approximate surface area is 204 Å². The zero-order chi connectivity index (χ0) is 25.2. The molecule has 0 spiro atoms. The van der Waals surface area contributed by atoms with E-state index >= 15 is 0 Å².